The molecular formula is C3H9NO4. The molecule has 0 amide bonds. The zero-order chi connectivity index (χ0) is 6.99. The monoisotopic (exact) mass is 123 g/mol. The van der Waals surface area contributed by atoms with Gasteiger partial charge in [0.2, 0.25) is 0 Å². The molecule has 0 fully saturated rings. The van der Waals surface area contributed by atoms with E-state index >= 15 is 0 Å². The highest BCUT2D eigenvalue weighted by Gasteiger charge is 1.87. The first-order valence-electron chi connectivity index (χ1n) is 1.89. The minimum atomic E-state index is -0.836. The van der Waals surface area contributed by atoms with E-state index in [4.69, 9.17) is 21.4 Å². The third-order valence-electron chi connectivity index (χ3n) is 0.358. The summed E-state index contributed by atoms with van der Waals surface area (Å²) in [6.07, 6.45) is 0.0694. The van der Waals surface area contributed by atoms with Gasteiger partial charge in [-0.2, -0.15) is 0 Å². The van der Waals surface area contributed by atoms with Gasteiger partial charge in [-0.15, -0.1) is 0 Å². The SMILES string of the molecule is NCCC(=O)O.OO. The summed E-state index contributed by atoms with van der Waals surface area (Å²) in [5.41, 5.74) is 4.85. The summed E-state index contributed by atoms with van der Waals surface area (Å²) in [6, 6.07) is 0. The van der Waals surface area contributed by atoms with E-state index in [1.165, 1.54) is 0 Å². The minimum Gasteiger partial charge on any atom is -0.481 e. The third-order valence-corrected chi connectivity index (χ3v) is 0.358. The van der Waals surface area contributed by atoms with Crippen molar-refractivity contribution in [1.29, 1.82) is 0 Å². The van der Waals surface area contributed by atoms with Crippen molar-refractivity contribution in [1.82, 2.24) is 0 Å². The fraction of sp³-hybridized carbons (Fsp3) is 0.667. The highest BCUT2D eigenvalue weighted by Crippen LogP contribution is 1.67. The van der Waals surface area contributed by atoms with Crippen LogP contribution in [0.25, 0.3) is 0 Å². The molecule has 0 unspecified atom stereocenters. The summed E-state index contributed by atoms with van der Waals surface area (Å²) < 4.78 is 0. The summed E-state index contributed by atoms with van der Waals surface area (Å²) in [7, 11) is 0. The number of aliphatic carboxylic acids is 1. The molecule has 0 aliphatic heterocycles. The number of hydrogen-bond donors (Lipinski definition) is 4. The van der Waals surface area contributed by atoms with Crippen LogP contribution in [0.4, 0.5) is 0 Å². The molecule has 0 bridgehead atoms. The average molecular weight is 123 g/mol. The van der Waals surface area contributed by atoms with Gasteiger partial charge in [0.15, 0.2) is 0 Å². The van der Waals surface area contributed by atoms with Crippen LogP contribution < -0.4 is 5.73 Å². The molecule has 0 aliphatic carbocycles. The van der Waals surface area contributed by atoms with E-state index in [9.17, 15) is 4.79 Å². The molecule has 0 atom stereocenters. The fourth-order valence-corrected chi connectivity index (χ4v) is 0.123. The summed E-state index contributed by atoms with van der Waals surface area (Å²) in [4.78, 5) is 9.52. The Bertz CT molecular complexity index is 55.2. The van der Waals surface area contributed by atoms with E-state index in [2.05, 4.69) is 0 Å². The van der Waals surface area contributed by atoms with E-state index in [1.54, 1.807) is 0 Å². The second-order valence-corrected chi connectivity index (χ2v) is 0.932. The van der Waals surface area contributed by atoms with Crippen LogP contribution in [0.5, 0.6) is 0 Å². The Hall–Kier alpha value is -0.650. The van der Waals surface area contributed by atoms with Crippen molar-refractivity contribution >= 4 is 5.97 Å². The maximum atomic E-state index is 9.52. The third kappa shape index (κ3) is 18.3. The Balaban J connectivity index is 0. The number of carboxylic acids is 1. The van der Waals surface area contributed by atoms with E-state index in [0.29, 0.717) is 0 Å². The predicted molar refractivity (Wildman–Crippen MR) is 26.6 cm³/mol. The summed E-state index contributed by atoms with van der Waals surface area (Å²) in [6.45, 7) is 0.231. The average Bonchev–Trinajstić information content (AvgIpc) is 1.72. The predicted octanol–water partition coefficient (Wildman–Crippen LogP) is -0.563. The molecule has 50 valence electrons. The van der Waals surface area contributed by atoms with Crippen molar-refractivity contribution in [2.45, 2.75) is 6.42 Å². The summed E-state index contributed by atoms with van der Waals surface area (Å²) in [5, 5.41) is 19.8. The van der Waals surface area contributed by atoms with Crippen molar-refractivity contribution in [3.63, 3.8) is 0 Å². The van der Waals surface area contributed by atoms with Gasteiger partial charge in [0.25, 0.3) is 0 Å². The molecule has 0 aromatic heterocycles. The van der Waals surface area contributed by atoms with Crippen molar-refractivity contribution < 1.29 is 20.4 Å². The van der Waals surface area contributed by atoms with Crippen molar-refractivity contribution in [3.05, 3.63) is 0 Å². The number of hydrogen-bond acceptors (Lipinski definition) is 4. The quantitative estimate of drug-likeness (QED) is 0.291. The van der Waals surface area contributed by atoms with Gasteiger partial charge in [-0.25, -0.2) is 0 Å². The zero-order valence-corrected chi connectivity index (χ0v) is 4.24. The normalized spacial score (nSPS) is 6.88. The van der Waals surface area contributed by atoms with Gasteiger partial charge in [-0.1, -0.05) is 0 Å². The van der Waals surface area contributed by atoms with Crippen LogP contribution in [0, 0.1) is 0 Å². The molecule has 0 radical (unpaired) electrons. The lowest BCUT2D eigenvalue weighted by molar-refractivity contribution is -0.176. The fourth-order valence-electron chi connectivity index (χ4n) is 0.123. The van der Waals surface area contributed by atoms with Gasteiger partial charge in [0.1, 0.15) is 0 Å². The van der Waals surface area contributed by atoms with E-state index in [0.717, 1.165) is 0 Å². The Morgan fingerprint density at radius 2 is 1.88 bits per heavy atom. The topological polar surface area (TPSA) is 104 Å². The largest absolute Gasteiger partial charge is 0.481 e. The van der Waals surface area contributed by atoms with Gasteiger partial charge in [-0.3, -0.25) is 15.3 Å². The second kappa shape index (κ2) is 9.61. The van der Waals surface area contributed by atoms with Crippen LogP contribution in [0.15, 0.2) is 0 Å². The maximum Gasteiger partial charge on any atom is 0.304 e. The maximum absolute atomic E-state index is 9.52. The molecule has 0 rings (SSSR count). The number of carboxylic acid groups (broad SMARTS) is 1. The van der Waals surface area contributed by atoms with Crippen molar-refractivity contribution in [3.8, 4) is 0 Å². The number of rotatable bonds is 2. The van der Waals surface area contributed by atoms with Crippen LogP contribution in [0.1, 0.15) is 6.42 Å². The Morgan fingerprint density at radius 1 is 1.50 bits per heavy atom. The van der Waals surface area contributed by atoms with Gasteiger partial charge < -0.3 is 10.8 Å². The van der Waals surface area contributed by atoms with Crippen LogP contribution in [0.2, 0.25) is 0 Å². The molecule has 5 N–H and O–H groups in total. The van der Waals surface area contributed by atoms with Gasteiger partial charge >= 0.3 is 5.97 Å². The van der Waals surface area contributed by atoms with Gasteiger partial charge in [0.05, 0.1) is 6.42 Å². The summed E-state index contributed by atoms with van der Waals surface area (Å²) in [5.74, 6) is -0.836. The van der Waals surface area contributed by atoms with E-state index in [-0.39, 0.29) is 13.0 Å². The Labute approximate surface area is 46.3 Å². The molecule has 0 heterocycles. The number of carbonyl (C=O) groups is 1. The first kappa shape index (κ1) is 10.4. The van der Waals surface area contributed by atoms with Gasteiger partial charge in [0, 0.05) is 6.54 Å². The molecule has 5 heteroatoms. The Morgan fingerprint density at radius 3 is 1.88 bits per heavy atom. The van der Waals surface area contributed by atoms with Crippen LogP contribution >= 0.6 is 0 Å². The standard InChI is InChI=1S/C3H7NO2.H2O2/c4-2-1-3(5)6;1-2/h1-2,4H2,(H,5,6);1-2H. The molecule has 0 saturated carbocycles. The minimum absolute atomic E-state index is 0.0694. The van der Waals surface area contributed by atoms with E-state index < -0.39 is 5.97 Å². The lowest BCUT2D eigenvalue weighted by atomic mass is 10.5. The highest BCUT2D eigenvalue weighted by molar-refractivity contribution is 5.66. The number of nitrogens with two attached hydrogens (primary N) is 1. The molecule has 0 saturated heterocycles. The summed E-state index contributed by atoms with van der Waals surface area (Å²) >= 11 is 0. The second-order valence-electron chi connectivity index (χ2n) is 0.932. The van der Waals surface area contributed by atoms with Crippen molar-refractivity contribution in [2.75, 3.05) is 6.54 Å². The zero-order valence-electron chi connectivity index (χ0n) is 4.24. The van der Waals surface area contributed by atoms with Crippen LogP contribution in [-0.4, -0.2) is 28.1 Å². The smallest absolute Gasteiger partial charge is 0.304 e. The van der Waals surface area contributed by atoms with Crippen LogP contribution in [0.3, 0.4) is 0 Å². The molecule has 0 aliphatic rings. The first-order chi connectivity index (χ1) is 3.77. The lowest BCUT2D eigenvalue weighted by Gasteiger charge is -1.80. The van der Waals surface area contributed by atoms with Gasteiger partial charge in [-0.05, 0) is 0 Å². The van der Waals surface area contributed by atoms with Crippen LogP contribution in [-0.2, 0) is 4.79 Å². The molecule has 0 aromatic rings. The molecular weight excluding hydrogens is 114 g/mol. The molecule has 0 spiro atoms. The molecule has 8 heavy (non-hydrogen) atoms. The lowest BCUT2D eigenvalue weighted by Crippen LogP contribution is -2.05. The Kier molecular flexibility index (Phi) is 12.4. The van der Waals surface area contributed by atoms with Crippen molar-refractivity contribution in [2.24, 2.45) is 5.73 Å². The first-order valence-corrected chi connectivity index (χ1v) is 1.89. The van der Waals surface area contributed by atoms with E-state index in [1.807, 2.05) is 0 Å². The molecule has 0 aromatic carbocycles. The highest BCUT2D eigenvalue weighted by atomic mass is 17.0. The molecule has 5 nitrogen and oxygen atoms in total.